The first-order valence-corrected chi connectivity index (χ1v) is 13.1. The molecule has 2 aromatic heterocycles. The van der Waals surface area contributed by atoms with E-state index in [1.54, 1.807) is 11.3 Å². The summed E-state index contributed by atoms with van der Waals surface area (Å²) >= 11 is 1.56. The number of hydrogen-bond acceptors (Lipinski definition) is 5. The third-order valence-electron chi connectivity index (χ3n) is 7.22. The zero-order valence-corrected chi connectivity index (χ0v) is 19.7. The van der Waals surface area contributed by atoms with E-state index in [4.69, 9.17) is 0 Å². The lowest BCUT2D eigenvalue weighted by Gasteiger charge is -2.33. The summed E-state index contributed by atoms with van der Waals surface area (Å²) in [5.74, 6) is 3.54. The Bertz CT molecular complexity index is 944. The summed E-state index contributed by atoms with van der Waals surface area (Å²) in [5, 5.41) is 12.9. The van der Waals surface area contributed by atoms with Crippen molar-refractivity contribution in [1.29, 1.82) is 0 Å². The Kier molecular flexibility index (Phi) is 6.31. The van der Waals surface area contributed by atoms with Crippen molar-refractivity contribution < 1.29 is 9.59 Å². The maximum absolute atomic E-state index is 13.3. The SMILES string of the molecule is CCCN(CC1CC1)C(=O)C1CCc2nnc(C3CCN(C(=O)c4ccsc4)CC3)n2C1. The number of carbonyl (C=O) groups excluding carboxylic acids is 2. The van der Waals surface area contributed by atoms with Crippen molar-refractivity contribution in [2.24, 2.45) is 11.8 Å². The van der Waals surface area contributed by atoms with Gasteiger partial charge >= 0.3 is 0 Å². The molecule has 2 fully saturated rings. The average molecular weight is 456 g/mol. The number of hydrogen-bond donors (Lipinski definition) is 0. The van der Waals surface area contributed by atoms with E-state index in [1.165, 1.54) is 12.8 Å². The molecule has 1 saturated carbocycles. The number of likely N-dealkylation sites (tertiary alicyclic amines) is 1. The van der Waals surface area contributed by atoms with Gasteiger partial charge in [0.05, 0.1) is 11.5 Å². The molecule has 1 saturated heterocycles. The van der Waals surface area contributed by atoms with Gasteiger partial charge in [0.15, 0.2) is 0 Å². The minimum atomic E-state index is 0.0304. The zero-order valence-electron chi connectivity index (χ0n) is 18.9. The van der Waals surface area contributed by atoms with Crippen LogP contribution in [0.1, 0.15) is 73.4 Å². The summed E-state index contributed by atoms with van der Waals surface area (Å²) in [6, 6.07) is 1.90. The summed E-state index contributed by atoms with van der Waals surface area (Å²) in [7, 11) is 0. The molecule has 1 aliphatic carbocycles. The van der Waals surface area contributed by atoms with Crippen molar-refractivity contribution in [3.63, 3.8) is 0 Å². The lowest BCUT2D eigenvalue weighted by molar-refractivity contribution is -0.137. The number of amides is 2. The fraction of sp³-hybridized carbons (Fsp3) is 0.667. The molecule has 3 aliphatic rings. The molecule has 2 aliphatic heterocycles. The van der Waals surface area contributed by atoms with Crippen LogP contribution in [-0.4, -0.2) is 62.6 Å². The standard InChI is InChI=1S/C24H33N5O2S/c1-2-10-28(14-17-3-4-17)23(30)19-5-6-21-25-26-22(29(21)15-19)18-7-11-27(12-8-18)24(31)20-9-13-32-16-20/h9,13,16-19H,2-8,10-12,14-15H2,1H3. The Balaban J connectivity index is 1.23. The summed E-state index contributed by atoms with van der Waals surface area (Å²) < 4.78 is 2.23. The van der Waals surface area contributed by atoms with Crippen LogP contribution < -0.4 is 0 Å². The van der Waals surface area contributed by atoms with Crippen LogP contribution >= 0.6 is 11.3 Å². The van der Waals surface area contributed by atoms with Gasteiger partial charge < -0.3 is 14.4 Å². The maximum Gasteiger partial charge on any atom is 0.254 e. The number of nitrogens with zero attached hydrogens (tertiary/aromatic N) is 5. The van der Waals surface area contributed by atoms with Crippen LogP contribution in [0.15, 0.2) is 16.8 Å². The highest BCUT2D eigenvalue weighted by Gasteiger charge is 2.35. The van der Waals surface area contributed by atoms with Gasteiger partial charge in [0.2, 0.25) is 5.91 Å². The van der Waals surface area contributed by atoms with Crippen molar-refractivity contribution in [1.82, 2.24) is 24.6 Å². The fourth-order valence-electron chi connectivity index (χ4n) is 5.19. The first-order chi connectivity index (χ1) is 15.6. The third kappa shape index (κ3) is 4.47. The highest BCUT2D eigenvalue weighted by molar-refractivity contribution is 7.08. The first kappa shape index (κ1) is 21.6. The molecule has 2 aromatic rings. The smallest absolute Gasteiger partial charge is 0.254 e. The van der Waals surface area contributed by atoms with Gasteiger partial charge in [-0.25, -0.2) is 0 Å². The van der Waals surface area contributed by atoms with Crippen LogP contribution in [0.2, 0.25) is 0 Å². The monoisotopic (exact) mass is 455 g/mol. The fourth-order valence-corrected chi connectivity index (χ4v) is 5.82. The maximum atomic E-state index is 13.3. The Morgan fingerprint density at radius 3 is 2.66 bits per heavy atom. The molecule has 5 rings (SSSR count). The average Bonchev–Trinajstić information content (AvgIpc) is 3.30. The highest BCUT2D eigenvalue weighted by Crippen LogP contribution is 2.33. The van der Waals surface area contributed by atoms with Crippen LogP contribution in [0, 0.1) is 11.8 Å². The van der Waals surface area contributed by atoms with Crippen molar-refractivity contribution >= 4 is 23.2 Å². The molecule has 7 nitrogen and oxygen atoms in total. The van der Waals surface area contributed by atoms with E-state index >= 15 is 0 Å². The quantitative estimate of drug-likeness (QED) is 0.640. The van der Waals surface area contributed by atoms with Crippen molar-refractivity contribution in [3.05, 3.63) is 34.0 Å². The summed E-state index contributed by atoms with van der Waals surface area (Å²) in [5.41, 5.74) is 0.789. The predicted molar refractivity (Wildman–Crippen MR) is 124 cm³/mol. The van der Waals surface area contributed by atoms with E-state index < -0.39 is 0 Å². The molecular weight excluding hydrogens is 422 g/mol. The van der Waals surface area contributed by atoms with Gasteiger partial charge in [0.1, 0.15) is 11.6 Å². The Labute approximate surface area is 193 Å². The van der Waals surface area contributed by atoms with E-state index in [0.717, 1.165) is 81.4 Å². The van der Waals surface area contributed by atoms with Crippen LogP contribution in [-0.2, 0) is 17.8 Å². The number of aromatic nitrogens is 3. The molecule has 0 N–H and O–H groups in total. The molecule has 172 valence electrons. The van der Waals surface area contributed by atoms with Gasteiger partial charge in [-0.05, 0) is 55.9 Å². The summed E-state index contributed by atoms with van der Waals surface area (Å²) in [6.07, 6.45) is 7.04. The number of piperidine rings is 1. The largest absolute Gasteiger partial charge is 0.342 e. The first-order valence-electron chi connectivity index (χ1n) is 12.2. The van der Waals surface area contributed by atoms with E-state index in [2.05, 4.69) is 26.6 Å². The topological polar surface area (TPSA) is 71.3 Å². The second-order valence-corrected chi connectivity index (χ2v) is 10.4. The van der Waals surface area contributed by atoms with Crippen LogP contribution in [0.3, 0.4) is 0 Å². The number of rotatable bonds is 7. The number of aryl methyl sites for hydroxylation is 1. The molecule has 32 heavy (non-hydrogen) atoms. The van der Waals surface area contributed by atoms with Crippen LogP contribution in [0.5, 0.6) is 0 Å². The second kappa shape index (κ2) is 9.33. The molecule has 0 bridgehead atoms. The minimum Gasteiger partial charge on any atom is -0.342 e. The third-order valence-corrected chi connectivity index (χ3v) is 7.90. The molecule has 1 unspecified atom stereocenters. The van der Waals surface area contributed by atoms with E-state index in [1.807, 2.05) is 21.7 Å². The summed E-state index contributed by atoms with van der Waals surface area (Å²) in [4.78, 5) is 30.1. The molecule has 2 amide bonds. The van der Waals surface area contributed by atoms with E-state index in [0.29, 0.717) is 18.4 Å². The van der Waals surface area contributed by atoms with Crippen molar-refractivity contribution in [2.45, 2.75) is 64.3 Å². The number of thiophene rings is 1. The molecule has 1 atom stereocenters. The van der Waals surface area contributed by atoms with Gasteiger partial charge in [-0.1, -0.05) is 6.92 Å². The van der Waals surface area contributed by atoms with Gasteiger partial charge in [0, 0.05) is 50.4 Å². The lowest BCUT2D eigenvalue weighted by Crippen LogP contribution is -2.42. The number of fused-ring (bicyclic) bond motifs is 1. The van der Waals surface area contributed by atoms with Gasteiger partial charge in [-0.3, -0.25) is 9.59 Å². The number of carbonyl (C=O) groups is 2. The predicted octanol–water partition coefficient (Wildman–Crippen LogP) is 3.57. The van der Waals surface area contributed by atoms with Crippen LogP contribution in [0.4, 0.5) is 0 Å². The van der Waals surface area contributed by atoms with Crippen molar-refractivity contribution in [2.75, 3.05) is 26.2 Å². The molecular formula is C24H33N5O2S. The normalized spacial score (nSPS) is 21.4. The molecule has 4 heterocycles. The molecule has 8 heteroatoms. The van der Waals surface area contributed by atoms with E-state index in [9.17, 15) is 9.59 Å². The van der Waals surface area contributed by atoms with Gasteiger partial charge in [0.25, 0.3) is 5.91 Å². The second-order valence-electron chi connectivity index (χ2n) is 9.63. The Hall–Kier alpha value is -2.22. The Morgan fingerprint density at radius 2 is 1.97 bits per heavy atom. The molecule has 0 radical (unpaired) electrons. The molecule has 0 aromatic carbocycles. The molecule has 0 spiro atoms. The van der Waals surface area contributed by atoms with Crippen molar-refractivity contribution in [3.8, 4) is 0 Å². The Morgan fingerprint density at radius 1 is 1.16 bits per heavy atom. The zero-order chi connectivity index (χ0) is 22.1. The van der Waals surface area contributed by atoms with E-state index in [-0.39, 0.29) is 11.8 Å². The van der Waals surface area contributed by atoms with Gasteiger partial charge in [-0.2, -0.15) is 11.3 Å². The lowest BCUT2D eigenvalue weighted by atomic mass is 9.93. The van der Waals surface area contributed by atoms with Crippen LogP contribution in [0.25, 0.3) is 0 Å². The highest BCUT2D eigenvalue weighted by atomic mass is 32.1. The summed E-state index contributed by atoms with van der Waals surface area (Å²) in [6.45, 7) is 6.14. The minimum absolute atomic E-state index is 0.0304. The van der Waals surface area contributed by atoms with Gasteiger partial charge in [-0.15, -0.1) is 10.2 Å².